The molecule has 0 aliphatic heterocycles. The van der Waals surface area contributed by atoms with E-state index in [0.29, 0.717) is 41.2 Å². The van der Waals surface area contributed by atoms with Gasteiger partial charge in [0.15, 0.2) is 11.5 Å². The van der Waals surface area contributed by atoms with E-state index in [9.17, 15) is 13.2 Å². The smallest absolute Gasteiger partial charge is 0.434 e. The van der Waals surface area contributed by atoms with Crippen molar-refractivity contribution in [1.29, 1.82) is 0 Å². The van der Waals surface area contributed by atoms with Crippen LogP contribution in [0.5, 0.6) is 5.88 Å². The van der Waals surface area contributed by atoms with Gasteiger partial charge in [-0.25, -0.2) is 24.9 Å². The first kappa shape index (κ1) is 30.1. The lowest BCUT2D eigenvalue weighted by Crippen LogP contribution is -2.28. The van der Waals surface area contributed by atoms with E-state index in [4.69, 9.17) is 9.72 Å². The van der Waals surface area contributed by atoms with Crippen molar-refractivity contribution >= 4 is 5.95 Å². The van der Waals surface area contributed by atoms with Crippen molar-refractivity contribution in [2.75, 3.05) is 12.0 Å². The highest BCUT2D eigenvalue weighted by molar-refractivity contribution is 5.66. The van der Waals surface area contributed by atoms with E-state index in [1.54, 1.807) is 36.2 Å². The molecule has 0 amide bonds. The van der Waals surface area contributed by atoms with Crippen LogP contribution in [-0.2, 0) is 12.7 Å². The summed E-state index contributed by atoms with van der Waals surface area (Å²) in [6, 6.07) is 10.8. The zero-order valence-corrected chi connectivity index (χ0v) is 25.3. The molecule has 232 valence electrons. The first-order chi connectivity index (χ1) is 21.6. The maximum absolute atomic E-state index is 13.5. The molecular formula is C32H32F3N9O. The van der Waals surface area contributed by atoms with E-state index in [0.717, 1.165) is 35.9 Å². The molecule has 1 aliphatic carbocycles. The maximum Gasteiger partial charge on any atom is 0.434 e. The molecule has 13 heteroatoms. The molecule has 1 atom stereocenters. The van der Waals surface area contributed by atoms with Gasteiger partial charge >= 0.3 is 6.18 Å². The van der Waals surface area contributed by atoms with Crippen molar-refractivity contribution in [2.24, 2.45) is 0 Å². The number of hydrogen-bond donors (Lipinski definition) is 0. The lowest BCUT2D eigenvalue weighted by Gasteiger charge is -2.30. The number of anilines is 1. The van der Waals surface area contributed by atoms with Gasteiger partial charge in [0.25, 0.3) is 0 Å². The number of ether oxygens (including phenoxy) is 1. The third kappa shape index (κ3) is 6.33. The van der Waals surface area contributed by atoms with Gasteiger partial charge < -0.3 is 14.2 Å². The van der Waals surface area contributed by atoms with Crippen molar-refractivity contribution in [3.05, 3.63) is 90.2 Å². The second-order valence-corrected chi connectivity index (χ2v) is 11.3. The minimum Gasteiger partial charge on any atom is -0.480 e. The molecule has 0 bridgehead atoms. The van der Waals surface area contributed by atoms with Crippen LogP contribution in [0.3, 0.4) is 0 Å². The first-order valence-corrected chi connectivity index (χ1v) is 14.6. The predicted octanol–water partition coefficient (Wildman–Crippen LogP) is 6.84. The van der Waals surface area contributed by atoms with Crippen molar-refractivity contribution < 1.29 is 17.9 Å². The summed E-state index contributed by atoms with van der Waals surface area (Å²) in [6.07, 6.45) is 5.03. The Bertz CT molecular complexity index is 1770. The van der Waals surface area contributed by atoms with Gasteiger partial charge in [-0.2, -0.15) is 18.2 Å². The number of aromatic nitrogens is 8. The number of benzene rings is 1. The number of nitrogens with zero attached hydrogens (tertiary/aromatic N) is 9. The molecule has 1 fully saturated rings. The van der Waals surface area contributed by atoms with E-state index >= 15 is 0 Å². The van der Waals surface area contributed by atoms with Gasteiger partial charge in [-0.3, -0.25) is 4.98 Å². The number of methoxy groups -OCH3 is 1. The average Bonchev–Trinajstić information content (AvgIpc) is 3.79. The fourth-order valence-electron chi connectivity index (χ4n) is 5.26. The molecule has 0 unspecified atom stereocenters. The van der Waals surface area contributed by atoms with Crippen LogP contribution in [-0.4, -0.2) is 46.6 Å². The molecule has 1 aromatic carbocycles. The molecule has 5 aromatic rings. The van der Waals surface area contributed by atoms with Gasteiger partial charge in [-0.15, -0.1) is 0 Å². The molecule has 1 saturated carbocycles. The summed E-state index contributed by atoms with van der Waals surface area (Å²) in [5.41, 5.74) is 3.09. The average molecular weight is 616 g/mol. The lowest BCUT2D eigenvalue weighted by molar-refractivity contribution is -0.140. The summed E-state index contributed by atoms with van der Waals surface area (Å²) in [7, 11) is 1.56. The van der Waals surface area contributed by atoms with E-state index in [2.05, 4.69) is 29.9 Å². The Kier molecular flexibility index (Phi) is 8.17. The molecule has 1 aliphatic rings. The summed E-state index contributed by atoms with van der Waals surface area (Å²) in [5, 5.41) is 0. The molecule has 0 saturated heterocycles. The number of halogens is 3. The van der Waals surface area contributed by atoms with Gasteiger partial charge in [0.2, 0.25) is 11.8 Å². The Morgan fingerprint density at radius 1 is 0.933 bits per heavy atom. The third-order valence-electron chi connectivity index (χ3n) is 7.84. The standard InChI is InChI=1S/C32H32F3N9O/c1-19(2)43-16-25(32(33,34)35)41-29(43)24-7-5-21(6-8-24)15-44(20(3)22-11-13-36-14-12-22)31-40-18-38-28(42-31)26-27(23-9-10-23)37-17-39-30(26)45-4/h5-8,11-14,16-20,23H,9-10,15H2,1-4H3/t20-/m1/s1. The maximum atomic E-state index is 13.5. The van der Waals surface area contributed by atoms with Crippen LogP contribution in [0, 0.1) is 0 Å². The van der Waals surface area contributed by atoms with E-state index in [1.807, 2.05) is 49.9 Å². The van der Waals surface area contributed by atoms with Gasteiger partial charge in [0.1, 0.15) is 24.0 Å². The summed E-state index contributed by atoms with van der Waals surface area (Å²) < 4.78 is 47.5. The molecule has 4 aromatic heterocycles. The van der Waals surface area contributed by atoms with Gasteiger partial charge in [0, 0.05) is 42.7 Å². The van der Waals surface area contributed by atoms with Crippen molar-refractivity contribution in [3.63, 3.8) is 0 Å². The number of rotatable bonds is 10. The topological polar surface area (TPSA) is 108 Å². The van der Waals surface area contributed by atoms with Crippen LogP contribution in [0.1, 0.15) is 74.1 Å². The van der Waals surface area contributed by atoms with Crippen molar-refractivity contribution in [1.82, 2.24) is 39.5 Å². The molecule has 0 N–H and O–H groups in total. The molecular weight excluding hydrogens is 583 g/mol. The number of pyridine rings is 1. The van der Waals surface area contributed by atoms with Crippen LogP contribution in [0.4, 0.5) is 19.1 Å². The fraction of sp³-hybridized carbons (Fsp3) is 0.344. The monoisotopic (exact) mass is 615 g/mol. The molecule has 10 nitrogen and oxygen atoms in total. The lowest BCUT2D eigenvalue weighted by atomic mass is 10.1. The Hall–Kier alpha value is -4.94. The Balaban J connectivity index is 1.36. The first-order valence-electron chi connectivity index (χ1n) is 14.6. The zero-order chi connectivity index (χ0) is 31.7. The van der Waals surface area contributed by atoms with E-state index in [-0.39, 0.29) is 17.9 Å². The van der Waals surface area contributed by atoms with Crippen molar-refractivity contribution in [3.8, 4) is 28.7 Å². The summed E-state index contributed by atoms with van der Waals surface area (Å²) in [4.78, 5) is 32.9. The van der Waals surface area contributed by atoms with E-state index in [1.165, 1.54) is 12.7 Å². The third-order valence-corrected chi connectivity index (χ3v) is 7.84. The zero-order valence-electron chi connectivity index (χ0n) is 25.3. The van der Waals surface area contributed by atoms with Gasteiger partial charge in [-0.1, -0.05) is 24.3 Å². The number of imidazole rings is 1. The highest BCUT2D eigenvalue weighted by Gasteiger charge is 2.35. The van der Waals surface area contributed by atoms with E-state index < -0.39 is 11.9 Å². The van der Waals surface area contributed by atoms with Gasteiger partial charge in [-0.05, 0) is 56.9 Å². The fourth-order valence-corrected chi connectivity index (χ4v) is 5.26. The minimum atomic E-state index is -4.53. The molecule has 0 spiro atoms. The largest absolute Gasteiger partial charge is 0.480 e. The molecule has 6 rings (SSSR count). The van der Waals surface area contributed by atoms with Crippen LogP contribution in [0.15, 0.2) is 67.6 Å². The highest BCUT2D eigenvalue weighted by Crippen LogP contribution is 2.45. The van der Waals surface area contributed by atoms with Crippen LogP contribution >= 0.6 is 0 Å². The molecule has 4 heterocycles. The summed E-state index contributed by atoms with van der Waals surface area (Å²) in [6.45, 7) is 6.10. The summed E-state index contributed by atoms with van der Waals surface area (Å²) >= 11 is 0. The second-order valence-electron chi connectivity index (χ2n) is 11.3. The quantitative estimate of drug-likeness (QED) is 0.167. The van der Waals surface area contributed by atoms with Crippen LogP contribution < -0.4 is 9.64 Å². The molecule has 0 radical (unpaired) electrons. The SMILES string of the molecule is COc1ncnc(C2CC2)c1-c1ncnc(N(Cc2ccc(-c3nc(C(F)(F)F)cn3C(C)C)cc2)[C@H](C)c2ccncc2)n1. The summed E-state index contributed by atoms with van der Waals surface area (Å²) in [5.74, 6) is 1.83. The highest BCUT2D eigenvalue weighted by atomic mass is 19.4. The molecule has 45 heavy (non-hydrogen) atoms. The predicted molar refractivity (Wildman–Crippen MR) is 161 cm³/mol. The normalized spacial score (nSPS) is 14.0. The van der Waals surface area contributed by atoms with Crippen LogP contribution in [0.25, 0.3) is 22.8 Å². The number of hydrogen-bond acceptors (Lipinski definition) is 9. The Labute approximate surface area is 258 Å². The van der Waals surface area contributed by atoms with Crippen molar-refractivity contribution in [2.45, 2.75) is 64.3 Å². The van der Waals surface area contributed by atoms with Crippen LogP contribution in [0.2, 0.25) is 0 Å². The number of alkyl halides is 3. The Morgan fingerprint density at radius 2 is 1.64 bits per heavy atom. The van der Waals surface area contributed by atoms with Gasteiger partial charge in [0.05, 0.1) is 18.8 Å². The Morgan fingerprint density at radius 3 is 2.29 bits per heavy atom. The minimum absolute atomic E-state index is 0.172. The second kappa shape index (κ2) is 12.2.